The first-order valence-corrected chi connectivity index (χ1v) is 13.7. The molecule has 0 N–H and O–H groups in total. The van der Waals surface area contributed by atoms with Gasteiger partial charge in [0.2, 0.25) is 0 Å². The molecule has 182 valence electrons. The summed E-state index contributed by atoms with van der Waals surface area (Å²) in [4.78, 5) is 13.3. The first-order valence-electron chi connectivity index (χ1n) is 10.9. The van der Waals surface area contributed by atoms with Gasteiger partial charge in [-0.25, -0.2) is 4.68 Å². The van der Waals surface area contributed by atoms with E-state index in [0.29, 0.717) is 23.5 Å². The van der Waals surface area contributed by atoms with E-state index in [2.05, 4.69) is 5.10 Å². The number of hydrogen-bond acceptors (Lipinski definition) is 6. The number of benzene rings is 2. The summed E-state index contributed by atoms with van der Waals surface area (Å²) < 4.78 is 31.0. The summed E-state index contributed by atoms with van der Waals surface area (Å²) >= 11 is 7.76. The van der Waals surface area contributed by atoms with Crippen LogP contribution in [0.1, 0.15) is 43.9 Å². The first kappa shape index (κ1) is 26.5. The Kier molecular flexibility index (Phi) is 8.62. The summed E-state index contributed by atoms with van der Waals surface area (Å²) in [7, 11) is -3.73. The van der Waals surface area contributed by atoms with Gasteiger partial charge in [-0.2, -0.15) is 13.5 Å². The van der Waals surface area contributed by atoms with Gasteiger partial charge in [0, 0.05) is 5.75 Å². The number of halogens is 1. The van der Waals surface area contributed by atoms with Gasteiger partial charge < -0.3 is 0 Å². The first-order chi connectivity index (χ1) is 16.0. The maximum Gasteiger partial charge on any atom is 0.296 e. The van der Waals surface area contributed by atoms with Crippen LogP contribution in [0.15, 0.2) is 69.3 Å². The van der Waals surface area contributed by atoms with Gasteiger partial charge in [-0.05, 0) is 63.8 Å². The Labute approximate surface area is 210 Å². The molecule has 0 spiro atoms. The Morgan fingerprint density at radius 3 is 2.26 bits per heavy atom. The molecule has 0 aliphatic carbocycles. The lowest BCUT2D eigenvalue weighted by Gasteiger charge is -2.21. The maximum absolute atomic E-state index is 12.5. The minimum absolute atomic E-state index is 0.124. The molecule has 0 saturated heterocycles. The molecule has 3 rings (SSSR count). The maximum atomic E-state index is 12.5. The van der Waals surface area contributed by atoms with E-state index in [4.69, 9.17) is 15.8 Å². The molecule has 0 aliphatic rings. The number of rotatable bonds is 9. The van der Waals surface area contributed by atoms with Crippen molar-refractivity contribution in [3.63, 3.8) is 0 Å². The fourth-order valence-corrected chi connectivity index (χ4v) is 5.26. The van der Waals surface area contributed by atoms with Crippen LogP contribution in [-0.2, 0) is 32.0 Å². The Morgan fingerprint density at radius 1 is 1.03 bits per heavy atom. The van der Waals surface area contributed by atoms with Crippen LogP contribution in [0.2, 0.25) is 5.02 Å². The third kappa shape index (κ3) is 6.95. The summed E-state index contributed by atoms with van der Waals surface area (Å²) in [6.45, 7) is 7.74. The molecular weight excluding hydrogens is 492 g/mol. The zero-order valence-corrected chi connectivity index (χ0v) is 22.1. The zero-order chi connectivity index (χ0) is 24.9. The number of nitrogens with zero attached hydrogens (tertiary/aromatic N) is 2. The van der Waals surface area contributed by atoms with Crippen LogP contribution in [0.5, 0.6) is 0 Å². The van der Waals surface area contributed by atoms with Crippen molar-refractivity contribution >= 4 is 33.5 Å². The topological polar surface area (TPSA) is 78.3 Å². The minimum atomic E-state index is -3.73. The molecule has 2 aromatic carbocycles. The highest BCUT2D eigenvalue weighted by atomic mass is 35.5. The van der Waals surface area contributed by atoms with Crippen molar-refractivity contribution < 1.29 is 12.6 Å². The summed E-state index contributed by atoms with van der Waals surface area (Å²) in [6.07, 6.45) is 2.93. The largest absolute Gasteiger partial charge is 0.296 e. The second-order valence-electron chi connectivity index (χ2n) is 9.01. The fraction of sp³-hybridized carbons (Fsp3) is 0.360. The van der Waals surface area contributed by atoms with Gasteiger partial charge in [-0.3, -0.25) is 8.98 Å². The average Bonchev–Trinajstić information content (AvgIpc) is 2.78. The van der Waals surface area contributed by atoms with E-state index in [1.165, 1.54) is 16.4 Å². The van der Waals surface area contributed by atoms with Gasteiger partial charge in [0.1, 0.15) is 5.02 Å². The van der Waals surface area contributed by atoms with E-state index in [0.717, 1.165) is 16.7 Å². The number of thioether (sulfide) groups is 1. The van der Waals surface area contributed by atoms with Crippen LogP contribution in [0.25, 0.3) is 0 Å². The van der Waals surface area contributed by atoms with Gasteiger partial charge >= 0.3 is 0 Å². The third-order valence-corrected chi connectivity index (χ3v) is 8.00. The predicted octanol–water partition coefficient (Wildman–Crippen LogP) is 5.59. The lowest BCUT2D eigenvalue weighted by Crippen LogP contribution is -2.36. The quantitative estimate of drug-likeness (QED) is 0.208. The van der Waals surface area contributed by atoms with Crippen LogP contribution >= 0.6 is 23.4 Å². The molecule has 34 heavy (non-hydrogen) atoms. The number of aromatic nitrogens is 2. The predicted molar refractivity (Wildman–Crippen MR) is 137 cm³/mol. The van der Waals surface area contributed by atoms with Crippen molar-refractivity contribution in [1.82, 2.24) is 9.78 Å². The highest BCUT2D eigenvalue weighted by molar-refractivity contribution is 7.98. The highest BCUT2D eigenvalue weighted by Crippen LogP contribution is 2.27. The minimum Gasteiger partial charge on any atom is -0.266 e. The summed E-state index contributed by atoms with van der Waals surface area (Å²) in [6, 6.07) is 14.7. The number of hydrogen-bond donors (Lipinski definition) is 0. The van der Waals surface area contributed by atoms with Gasteiger partial charge in [0.05, 0.1) is 28.1 Å². The van der Waals surface area contributed by atoms with Gasteiger partial charge in [-0.15, -0.1) is 11.8 Å². The molecule has 0 unspecified atom stereocenters. The van der Waals surface area contributed by atoms with E-state index >= 15 is 0 Å². The zero-order valence-electron chi connectivity index (χ0n) is 19.7. The SMILES string of the molecule is Cc1ccc(S(=O)(=O)OCCCc2ccc(CSc3cnn(C(C)(C)C)c(=O)c3Cl)cc2)cc1. The molecule has 1 heterocycles. The summed E-state index contributed by atoms with van der Waals surface area (Å²) in [5.41, 5.74) is 2.45. The van der Waals surface area contributed by atoms with E-state index in [9.17, 15) is 13.2 Å². The standard InChI is InChI=1S/C25H29ClN2O4S2/c1-18-7-13-21(14-8-18)34(30,31)32-15-5-6-19-9-11-20(12-10-19)17-33-22-16-27-28(25(2,3)4)24(29)23(22)26/h7-14,16H,5-6,15,17H2,1-4H3. The van der Waals surface area contributed by atoms with Gasteiger partial charge in [0.25, 0.3) is 15.7 Å². The normalized spacial score (nSPS) is 12.1. The second kappa shape index (κ2) is 11.1. The fourth-order valence-electron chi connectivity index (χ4n) is 3.18. The van der Waals surface area contributed by atoms with Gasteiger partial charge in [-0.1, -0.05) is 53.6 Å². The van der Waals surface area contributed by atoms with Crippen molar-refractivity contribution in [2.45, 2.75) is 61.6 Å². The summed E-state index contributed by atoms with van der Waals surface area (Å²) in [5, 5.41) is 4.45. The molecule has 9 heteroatoms. The van der Waals surface area contributed by atoms with Crippen molar-refractivity contribution in [3.05, 3.63) is 86.8 Å². The van der Waals surface area contributed by atoms with E-state index in [-0.39, 0.29) is 22.1 Å². The molecule has 0 radical (unpaired) electrons. The smallest absolute Gasteiger partial charge is 0.266 e. The van der Waals surface area contributed by atoms with Gasteiger partial charge in [0.15, 0.2) is 0 Å². The highest BCUT2D eigenvalue weighted by Gasteiger charge is 2.19. The summed E-state index contributed by atoms with van der Waals surface area (Å²) in [5.74, 6) is 0.651. The van der Waals surface area contributed by atoms with E-state index < -0.39 is 15.7 Å². The monoisotopic (exact) mass is 520 g/mol. The molecule has 3 aromatic rings. The Hall–Kier alpha value is -2.13. The molecule has 0 amide bonds. The molecule has 0 aliphatic heterocycles. The molecule has 1 aromatic heterocycles. The Bertz CT molecular complexity index is 1280. The van der Waals surface area contributed by atoms with Crippen molar-refractivity contribution in [2.24, 2.45) is 0 Å². The van der Waals surface area contributed by atoms with Crippen LogP contribution in [0.3, 0.4) is 0 Å². The molecule has 0 saturated carbocycles. The van der Waals surface area contributed by atoms with Crippen molar-refractivity contribution in [1.29, 1.82) is 0 Å². The van der Waals surface area contributed by atoms with Crippen molar-refractivity contribution in [3.8, 4) is 0 Å². The third-order valence-electron chi connectivity index (χ3n) is 5.10. The molecular formula is C25H29ClN2O4S2. The number of aryl methyl sites for hydroxylation is 2. The molecule has 0 atom stereocenters. The molecule has 0 bridgehead atoms. The van der Waals surface area contributed by atoms with E-state index in [1.54, 1.807) is 30.5 Å². The molecule has 6 nitrogen and oxygen atoms in total. The second-order valence-corrected chi connectivity index (χ2v) is 12.0. The van der Waals surface area contributed by atoms with Crippen LogP contribution in [0.4, 0.5) is 0 Å². The Morgan fingerprint density at radius 2 is 1.65 bits per heavy atom. The van der Waals surface area contributed by atoms with Crippen LogP contribution in [-0.4, -0.2) is 24.8 Å². The molecule has 0 fully saturated rings. The average molecular weight is 521 g/mol. The lowest BCUT2D eigenvalue weighted by molar-refractivity contribution is 0.312. The Balaban J connectivity index is 1.50. The lowest BCUT2D eigenvalue weighted by atomic mass is 10.1. The van der Waals surface area contributed by atoms with E-state index in [1.807, 2.05) is 52.0 Å². The van der Waals surface area contributed by atoms with Crippen LogP contribution in [0, 0.1) is 6.92 Å². The van der Waals surface area contributed by atoms with Crippen molar-refractivity contribution in [2.75, 3.05) is 6.61 Å². The van der Waals surface area contributed by atoms with Crippen LogP contribution < -0.4 is 5.56 Å².